The number of aryl methyl sites for hydroxylation is 1. The predicted molar refractivity (Wildman–Crippen MR) is 202 cm³/mol. The molecule has 2 nitrogen and oxygen atoms in total. The van der Waals surface area contributed by atoms with Gasteiger partial charge in [0.1, 0.15) is 0 Å². The van der Waals surface area contributed by atoms with Crippen molar-refractivity contribution in [3.05, 3.63) is 112 Å². The smallest absolute Gasteiger partial charge is 0.0907 e. The van der Waals surface area contributed by atoms with Crippen LogP contribution in [0.25, 0.3) is 11.1 Å². The van der Waals surface area contributed by atoms with Crippen LogP contribution in [0.4, 0.5) is 17.1 Å². The summed E-state index contributed by atoms with van der Waals surface area (Å²) in [7, 11) is 0. The van der Waals surface area contributed by atoms with Crippen molar-refractivity contribution < 1.29 is 4.74 Å². The Balaban J connectivity index is 1.74. The zero-order chi connectivity index (χ0) is 33.9. The highest BCUT2D eigenvalue weighted by molar-refractivity contribution is 6.31. The van der Waals surface area contributed by atoms with E-state index in [0.29, 0.717) is 5.92 Å². The maximum absolute atomic E-state index is 6.89. The molecule has 4 aromatic rings. The molecule has 3 heteroatoms. The van der Waals surface area contributed by atoms with E-state index in [1.807, 2.05) is 0 Å². The first-order valence-corrected chi connectivity index (χ1v) is 18.0. The summed E-state index contributed by atoms with van der Waals surface area (Å²) in [6.07, 6.45) is 4.37. The van der Waals surface area contributed by atoms with Crippen LogP contribution in [-0.4, -0.2) is 6.61 Å². The second-order valence-electron chi connectivity index (χ2n) is 16.9. The maximum Gasteiger partial charge on any atom is 0.0907 e. The minimum absolute atomic E-state index is 0.00527. The van der Waals surface area contributed by atoms with Crippen molar-refractivity contribution in [3.8, 4) is 11.1 Å². The van der Waals surface area contributed by atoms with Crippen LogP contribution in [0.1, 0.15) is 116 Å². The molecule has 4 aromatic carbocycles. The van der Waals surface area contributed by atoms with Crippen LogP contribution < -0.4 is 4.90 Å². The summed E-state index contributed by atoms with van der Waals surface area (Å²) in [5.74, 6) is 0.459. The number of hydrogen-bond donors (Lipinski definition) is 0. The summed E-state index contributed by atoms with van der Waals surface area (Å²) < 4.78 is 6.89. The molecule has 0 saturated heterocycles. The number of ether oxygens (including phenoxy) is 1. The van der Waals surface area contributed by atoms with Gasteiger partial charge in [0.25, 0.3) is 0 Å². The van der Waals surface area contributed by atoms with Crippen molar-refractivity contribution in [2.45, 2.75) is 117 Å². The normalized spacial score (nSPS) is 20.9. The number of halogens is 1. The lowest BCUT2D eigenvalue weighted by molar-refractivity contribution is -0.0653. The van der Waals surface area contributed by atoms with Gasteiger partial charge < -0.3 is 9.64 Å². The Hall–Kier alpha value is -3.07. The SMILES string of the molecule is Cc1cc(Cl)cc(N(c2cc3c(cc2-c2ccccc2)C(C)(C)CCC3(C)OCC(C)C)c2cccc3c2C(C)(C)CCC3(C)C)c1. The van der Waals surface area contributed by atoms with Crippen LogP contribution >= 0.6 is 11.6 Å². The lowest BCUT2D eigenvalue weighted by Gasteiger charge is -2.46. The highest BCUT2D eigenvalue weighted by Gasteiger charge is 2.43. The standard InChI is InChI=1S/C44H54ClNO/c1-29(2)28-47-44(10)22-21-42(6,7)36-26-34(31-15-12-11-13-16-31)39(27-37(36)44)46(33-24-30(3)23-32(45)25-33)38-18-14-17-35-40(38)43(8,9)20-19-41(35,4)5/h11-18,23-27,29H,19-22,28H2,1-10H3. The van der Waals surface area contributed by atoms with Crippen LogP contribution in [0.2, 0.25) is 5.02 Å². The Morgan fingerprint density at radius 1 is 0.681 bits per heavy atom. The van der Waals surface area contributed by atoms with Crippen molar-refractivity contribution in [2.75, 3.05) is 11.5 Å². The lowest BCUT2D eigenvalue weighted by Crippen LogP contribution is -2.39. The van der Waals surface area contributed by atoms with Gasteiger partial charge in [-0.15, -0.1) is 0 Å². The molecule has 2 aliphatic carbocycles. The summed E-state index contributed by atoms with van der Waals surface area (Å²) in [6, 6.07) is 29.4. The lowest BCUT2D eigenvalue weighted by atomic mass is 9.62. The van der Waals surface area contributed by atoms with Gasteiger partial charge in [-0.1, -0.05) is 109 Å². The van der Waals surface area contributed by atoms with Gasteiger partial charge in [0.05, 0.1) is 23.6 Å². The van der Waals surface area contributed by atoms with E-state index in [-0.39, 0.29) is 21.8 Å². The van der Waals surface area contributed by atoms with Gasteiger partial charge in [-0.25, -0.2) is 0 Å². The molecule has 0 bridgehead atoms. The van der Waals surface area contributed by atoms with Gasteiger partial charge in [-0.05, 0) is 131 Å². The molecule has 6 rings (SSSR count). The van der Waals surface area contributed by atoms with Crippen molar-refractivity contribution in [1.29, 1.82) is 0 Å². The quantitative estimate of drug-likeness (QED) is 0.198. The second kappa shape index (κ2) is 12.1. The summed E-state index contributed by atoms with van der Waals surface area (Å²) in [5, 5.41) is 0.750. The van der Waals surface area contributed by atoms with E-state index < -0.39 is 0 Å². The van der Waals surface area contributed by atoms with E-state index in [1.54, 1.807) is 0 Å². The fourth-order valence-corrected chi connectivity index (χ4v) is 8.36. The number of nitrogens with zero attached hydrogens (tertiary/aromatic N) is 1. The second-order valence-corrected chi connectivity index (χ2v) is 17.3. The van der Waals surface area contributed by atoms with E-state index in [1.165, 1.54) is 51.2 Å². The van der Waals surface area contributed by atoms with Gasteiger partial charge in [0, 0.05) is 16.3 Å². The zero-order valence-corrected chi connectivity index (χ0v) is 31.1. The van der Waals surface area contributed by atoms with Crippen LogP contribution in [0, 0.1) is 12.8 Å². The first-order valence-electron chi connectivity index (χ1n) is 17.6. The number of hydrogen-bond acceptors (Lipinski definition) is 2. The Morgan fingerprint density at radius 2 is 1.34 bits per heavy atom. The molecular formula is C44H54ClNO. The molecule has 1 unspecified atom stereocenters. The summed E-state index contributed by atoms with van der Waals surface area (Å²) in [6.45, 7) is 24.2. The highest BCUT2D eigenvalue weighted by Crippen LogP contribution is 2.55. The van der Waals surface area contributed by atoms with Crippen molar-refractivity contribution in [1.82, 2.24) is 0 Å². The fraction of sp³-hybridized carbons (Fsp3) is 0.455. The number of anilines is 3. The van der Waals surface area contributed by atoms with E-state index >= 15 is 0 Å². The molecule has 0 aliphatic heterocycles. The molecule has 0 radical (unpaired) electrons. The topological polar surface area (TPSA) is 12.5 Å². The van der Waals surface area contributed by atoms with Gasteiger partial charge in [-0.2, -0.15) is 0 Å². The minimum atomic E-state index is -0.383. The highest BCUT2D eigenvalue weighted by atomic mass is 35.5. The summed E-state index contributed by atoms with van der Waals surface area (Å²) in [5.41, 5.74) is 12.4. The van der Waals surface area contributed by atoms with Gasteiger partial charge in [-0.3, -0.25) is 0 Å². The minimum Gasteiger partial charge on any atom is -0.370 e. The Labute approximate surface area is 289 Å². The molecule has 2 aliphatic rings. The average Bonchev–Trinajstić information content (AvgIpc) is 3.01. The first kappa shape index (κ1) is 33.8. The first-order chi connectivity index (χ1) is 22.0. The van der Waals surface area contributed by atoms with Crippen molar-refractivity contribution >= 4 is 28.7 Å². The summed E-state index contributed by atoms with van der Waals surface area (Å²) >= 11 is 6.89. The predicted octanol–water partition coefficient (Wildman–Crippen LogP) is 13.1. The third-order valence-corrected chi connectivity index (χ3v) is 11.3. The molecule has 0 aromatic heterocycles. The van der Waals surface area contributed by atoms with E-state index in [4.69, 9.17) is 16.3 Å². The average molecular weight is 648 g/mol. The molecule has 0 spiro atoms. The molecular weight excluding hydrogens is 594 g/mol. The van der Waals surface area contributed by atoms with Crippen molar-refractivity contribution in [2.24, 2.45) is 5.92 Å². The molecule has 0 saturated carbocycles. The zero-order valence-electron chi connectivity index (χ0n) is 30.4. The van der Waals surface area contributed by atoms with Crippen LogP contribution in [0.15, 0.2) is 78.9 Å². The molecule has 0 N–H and O–H groups in total. The van der Waals surface area contributed by atoms with Crippen LogP contribution in [0.5, 0.6) is 0 Å². The molecule has 1 atom stereocenters. The van der Waals surface area contributed by atoms with Crippen LogP contribution in [-0.2, 0) is 26.6 Å². The van der Waals surface area contributed by atoms with E-state index in [2.05, 4.69) is 153 Å². The van der Waals surface area contributed by atoms with Crippen LogP contribution in [0.3, 0.4) is 0 Å². The van der Waals surface area contributed by atoms with E-state index in [9.17, 15) is 0 Å². The monoisotopic (exact) mass is 647 g/mol. The summed E-state index contributed by atoms with van der Waals surface area (Å²) in [4.78, 5) is 2.52. The maximum atomic E-state index is 6.89. The fourth-order valence-electron chi connectivity index (χ4n) is 8.08. The molecule has 0 amide bonds. The Morgan fingerprint density at radius 3 is 2.02 bits per heavy atom. The Bertz CT molecular complexity index is 1760. The van der Waals surface area contributed by atoms with Gasteiger partial charge in [0.2, 0.25) is 0 Å². The molecule has 0 heterocycles. The number of fused-ring (bicyclic) bond motifs is 2. The molecule has 47 heavy (non-hydrogen) atoms. The Kier molecular flexibility index (Phi) is 8.72. The third-order valence-electron chi connectivity index (χ3n) is 11.1. The van der Waals surface area contributed by atoms with Gasteiger partial charge >= 0.3 is 0 Å². The molecule has 248 valence electrons. The van der Waals surface area contributed by atoms with Gasteiger partial charge in [0.15, 0.2) is 0 Å². The third kappa shape index (κ3) is 6.29. The number of benzene rings is 4. The van der Waals surface area contributed by atoms with Crippen molar-refractivity contribution in [3.63, 3.8) is 0 Å². The number of rotatable bonds is 7. The largest absolute Gasteiger partial charge is 0.370 e. The van der Waals surface area contributed by atoms with E-state index in [0.717, 1.165) is 42.1 Å². The molecule has 0 fully saturated rings.